The maximum absolute atomic E-state index is 6.21. The first kappa shape index (κ1) is 12.9. The molecule has 0 atom stereocenters. The molecule has 0 aliphatic carbocycles. The second kappa shape index (κ2) is 5.49. The normalized spacial score (nSPS) is 11.3. The smallest absolute Gasteiger partial charge is 0.111 e. The van der Waals surface area contributed by atoms with E-state index in [0.717, 1.165) is 29.8 Å². The van der Waals surface area contributed by atoms with E-state index in [0.29, 0.717) is 10.9 Å². The topological polar surface area (TPSA) is 30.7 Å². The second-order valence-corrected chi connectivity index (χ2v) is 5.88. The lowest BCUT2D eigenvalue weighted by Gasteiger charge is -2.06. The predicted octanol–water partition coefficient (Wildman–Crippen LogP) is 3.98. The van der Waals surface area contributed by atoms with Crippen molar-refractivity contribution in [2.75, 3.05) is 5.88 Å². The van der Waals surface area contributed by atoms with Gasteiger partial charge in [-0.25, -0.2) is 4.98 Å². The Labute approximate surface area is 124 Å². The number of imidazole rings is 1. The maximum atomic E-state index is 6.21. The van der Waals surface area contributed by atoms with Crippen molar-refractivity contribution in [2.45, 2.75) is 13.0 Å². The van der Waals surface area contributed by atoms with Gasteiger partial charge in [0.25, 0.3) is 0 Å². The third-order valence-corrected chi connectivity index (χ3v) is 4.18. The Morgan fingerprint density at radius 2 is 2.21 bits per heavy atom. The number of para-hydroxylation sites is 1. The molecule has 0 saturated carbocycles. The van der Waals surface area contributed by atoms with E-state index in [9.17, 15) is 0 Å². The number of hydrogen-bond donors (Lipinski definition) is 0. The average molecular weight is 312 g/mol. The summed E-state index contributed by atoms with van der Waals surface area (Å²) in [5, 5.41) is 0.677. The van der Waals surface area contributed by atoms with Crippen LogP contribution in [0.25, 0.3) is 11.0 Å². The highest BCUT2D eigenvalue weighted by molar-refractivity contribution is 7.09. The summed E-state index contributed by atoms with van der Waals surface area (Å²) in [7, 11) is 0. The van der Waals surface area contributed by atoms with Gasteiger partial charge in [0.05, 0.1) is 22.6 Å². The van der Waals surface area contributed by atoms with Crippen LogP contribution in [-0.4, -0.2) is 20.4 Å². The van der Waals surface area contributed by atoms with Crippen molar-refractivity contribution in [3.63, 3.8) is 0 Å². The molecule has 3 nitrogen and oxygen atoms in total. The quantitative estimate of drug-likeness (QED) is 0.682. The largest absolute Gasteiger partial charge is 0.323 e. The van der Waals surface area contributed by atoms with Crippen LogP contribution in [0.15, 0.2) is 29.9 Å². The Bertz CT molecular complexity index is 691. The minimum absolute atomic E-state index is 0.545. The molecule has 98 valence electrons. The third kappa shape index (κ3) is 2.48. The molecule has 6 heteroatoms. The molecule has 2 aromatic heterocycles. The Hall–Kier alpha value is -1.10. The zero-order valence-electron chi connectivity index (χ0n) is 10.0. The van der Waals surface area contributed by atoms with Gasteiger partial charge in [0.15, 0.2) is 0 Å². The molecule has 0 radical (unpaired) electrons. The van der Waals surface area contributed by atoms with E-state index >= 15 is 0 Å². The number of fused-ring (bicyclic) bond motifs is 1. The summed E-state index contributed by atoms with van der Waals surface area (Å²) in [4.78, 5) is 9.91. The van der Waals surface area contributed by atoms with Gasteiger partial charge in [-0.3, -0.25) is 4.98 Å². The van der Waals surface area contributed by atoms with E-state index in [1.807, 2.05) is 29.9 Å². The monoisotopic (exact) mass is 311 g/mol. The summed E-state index contributed by atoms with van der Waals surface area (Å²) >= 11 is 13.7. The fraction of sp³-hybridized carbons (Fsp3) is 0.231. The lowest BCUT2D eigenvalue weighted by molar-refractivity contribution is 0.762. The lowest BCUT2D eigenvalue weighted by atomic mass is 10.3. The van der Waals surface area contributed by atoms with Crippen molar-refractivity contribution in [3.05, 3.63) is 45.6 Å². The van der Waals surface area contributed by atoms with Crippen molar-refractivity contribution in [1.29, 1.82) is 0 Å². The van der Waals surface area contributed by atoms with Crippen molar-refractivity contribution in [2.24, 2.45) is 0 Å². The number of hydrogen-bond acceptors (Lipinski definition) is 3. The van der Waals surface area contributed by atoms with E-state index < -0.39 is 0 Å². The van der Waals surface area contributed by atoms with Crippen molar-refractivity contribution in [1.82, 2.24) is 14.5 Å². The van der Waals surface area contributed by atoms with Gasteiger partial charge in [0, 0.05) is 23.4 Å². The van der Waals surface area contributed by atoms with Crippen molar-refractivity contribution in [3.8, 4) is 0 Å². The fourth-order valence-electron chi connectivity index (χ4n) is 2.09. The molecule has 0 spiro atoms. The number of rotatable bonds is 4. The maximum Gasteiger partial charge on any atom is 0.111 e. The first-order valence-corrected chi connectivity index (χ1v) is 7.66. The summed E-state index contributed by atoms with van der Waals surface area (Å²) in [5.41, 5.74) is 3.72. The molecule has 0 saturated heterocycles. The van der Waals surface area contributed by atoms with Crippen LogP contribution >= 0.6 is 34.5 Å². The van der Waals surface area contributed by atoms with Crippen LogP contribution < -0.4 is 0 Å². The standard InChI is InChI=1S/C13H11Cl2N3S/c14-5-4-12-17-13-10(15)2-1-3-11(13)18(12)7-9-6-16-8-19-9/h1-3,6,8H,4-5,7H2. The summed E-state index contributed by atoms with van der Waals surface area (Å²) in [6, 6.07) is 5.84. The minimum atomic E-state index is 0.545. The fourth-order valence-corrected chi connectivity index (χ4v) is 3.05. The van der Waals surface area contributed by atoms with Gasteiger partial charge in [-0.05, 0) is 12.1 Å². The van der Waals surface area contributed by atoms with Crippen LogP contribution in [0.4, 0.5) is 0 Å². The number of halogens is 2. The average Bonchev–Trinajstić information content (AvgIpc) is 3.01. The molecule has 19 heavy (non-hydrogen) atoms. The van der Waals surface area contributed by atoms with E-state index in [2.05, 4.69) is 14.5 Å². The van der Waals surface area contributed by atoms with Crippen LogP contribution in [0.1, 0.15) is 10.7 Å². The molecule has 1 aromatic carbocycles. The molecule has 0 aliphatic heterocycles. The van der Waals surface area contributed by atoms with E-state index in [-0.39, 0.29) is 0 Å². The zero-order valence-corrected chi connectivity index (χ0v) is 12.3. The first-order chi connectivity index (χ1) is 9.29. The number of thiazole rings is 1. The molecular formula is C13H11Cl2N3S. The van der Waals surface area contributed by atoms with E-state index in [1.165, 1.54) is 4.88 Å². The lowest BCUT2D eigenvalue weighted by Crippen LogP contribution is -2.04. The van der Waals surface area contributed by atoms with Crippen LogP contribution in [-0.2, 0) is 13.0 Å². The van der Waals surface area contributed by atoms with E-state index in [1.54, 1.807) is 11.3 Å². The Morgan fingerprint density at radius 1 is 1.32 bits per heavy atom. The van der Waals surface area contributed by atoms with Crippen LogP contribution in [0.3, 0.4) is 0 Å². The van der Waals surface area contributed by atoms with E-state index in [4.69, 9.17) is 23.2 Å². The number of aryl methyl sites for hydroxylation is 1. The molecule has 0 fully saturated rings. The van der Waals surface area contributed by atoms with Crippen molar-refractivity contribution < 1.29 is 0 Å². The Morgan fingerprint density at radius 3 is 2.95 bits per heavy atom. The van der Waals surface area contributed by atoms with Gasteiger partial charge < -0.3 is 4.57 Å². The highest BCUT2D eigenvalue weighted by Crippen LogP contribution is 2.25. The summed E-state index contributed by atoms with van der Waals surface area (Å²) in [6.45, 7) is 0.758. The van der Waals surface area contributed by atoms with Gasteiger partial charge in [-0.2, -0.15) is 0 Å². The molecule has 3 aromatic rings. The van der Waals surface area contributed by atoms with Gasteiger partial charge in [0.1, 0.15) is 11.3 Å². The van der Waals surface area contributed by atoms with Gasteiger partial charge in [0.2, 0.25) is 0 Å². The highest BCUT2D eigenvalue weighted by Gasteiger charge is 2.13. The second-order valence-electron chi connectivity index (χ2n) is 4.13. The molecule has 0 N–H and O–H groups in total. The highest BCUT2D eigenvalue weighted by atomic mass is 35.5. The third-order valence-electron chi connectivity index (χ3n) is 2.92. The van der Waals surface area contributed by atoms with Crippen LogP contribution in [0.5, 0.6) is 0 Å². The minimum Gasteiger partial charge on any atom is -0.323 e. The van der Waals surface area contributed by atoms with Crippen molar-refractivity contribution >= 4 is 45.6 Å². The van der Waals surface area contributed by atoms with Gasteiger partial charge >= 0.3 is 0 Å². The summed E-state index contributed by atoms with van der Waals surface area (Å²) < 4.78 is 2.16. The Balaban J connectivity index is 2.13. The first-order valence-electron chi connectivity index (χ1n) is 5.86. The number of benzene rings is 1. The number of nitrogens with zero attached hydrogens (tertiary/aromatic N) is 3. The van der Waals surface area contributed by atoms with Crippen LogP contribution in [0.2, 0.25) is 5.02 Å². The van der Waals surface area contributed by atoms with Gasteiger partial charge in [-0.15, -0.1) is 22.9 Å². The SMILES string of the molecule is ClCCc1nc2c(Cl)cccc2n1Cc1cncs1. The zero-order chi connectivity index (χ0) is 13.2. The summed E-state index contributed by atoms with van der Waals surface area (Å²) in [6.07, 6.45) is 2.61. The molecular weight excluding hydrogens is 301 g/mol. The molecule has 0 bridgehead atoms. The predicted molar refractivity (Wildman–Crippen MR) is 80.4 cm³/mol. The Kier molecular flexibility index (Phi) is 3.73. The molecule has 0 amide bonds. The molecule has 3 rings (SSSR count). The molecule has 2 heterocycles. The number of aromatic nitrogens is 3. The molecule has 0 aliphatic rings. The number of alkyl halides is 1. The summed E-state index contributed by atoms with van der Waals surface area (Å²) in [5.74, 6) is 1.51. The van der Waals surface area contributed by atoms with Crippen LogP contribution in [0, 0.1) is 0 Å². The molecule has 0 unspecified atom stereocenters. The van der Waals surface area contributed by atoms with Gasteiger partial charge in [-0.1, -0.05) is 17.7 Å².